The lowest BCUT2D eigenvalue weighted by atomic mass is 9.90. The van der Waals surface area contributed by atoms with Gasteiger partial charge >= 0.3 is 0 Å². The summed E-state index contributed by atoms with van der Waals surface area (Å²) in [6, 6.07) is 14.7. The van der Waals surface area contributed by atoms with Crippen molar-refractivity contribution in [3.05, 3.63) is 77.6 Å². The summed E-state index contributed by atoms with van der Waals surface area (Å²) in [6.07, 6.45) is 3.48. The molecule has 1 atom stereocenters. The highest BCUT2D eigenvalue weighted by Crippen LogP contribution is 2.37. The number of aryl methyl sites for hydroxylation is 2. The van der Waals surface area contributed by atoms with E-state index in [4.69, 9.17) is 14.5 Å². The molecule has 7 nitrogen and oxygen atoms in total. The molecule has 0 spiro atoms. The lowest BCUT2D eigenvalue weighted by molar-refractivity contribution is 0.407. The molecule has 0 aliphatic carbocycles. The molecule has 0 saturated carbocycles. The van der Waals surface area contributed by atoms with E-state index in [0.29, 0.717) is 17.3 Å². The van der Waals surface area contributed by atoms with Crippen LogP contribution in [0.15, 0.2) is 54.7 Å². The van der Waals surface area contributed by atoms with Crippen molar-refractivity contribution in [2.75, 3.05) is 19.5 Å². The van der Waals surface area contributed by atoms with E-state index in [0.717, 1.165) is 53.5 Å². The van der Waals surface area contributed by atoms with E-state index in [9.17, 15) is 4.39 Å². The Kier molecular flexibility index (Phi) is 5.88. The molecule has 1 N–H and O–H groups in total. The average molecular weight is 460 g/mol. The fourth-order valence-corrected chi connectivity index (χ4v) is 4.46. The standard InChI is InChI=1S/C26H26FN5O2/c1-16-13-17(10-11-28-16)20-8-6-18(14-24(20)34-3)29-26-30-25-21(5-4-12-32(25)31-26)22-15-19(33-2)7-9-23(22)27/h6-11,13-15,21H,4-5,12H2,1-3H3,(H,29,31). The largest absolute Gasteiger partial charge is 0.497 e. The van der Waals surface area contributed by atoms with Gasteiger partial charge in [0, 0.05) is 47.2 Å². The number of halogens is 1. The predicted molar refractivity (Wildman–Crippen MR) is 128 cm³/mol. The second kappa shape index (κ2) is 9.13. The molecule has 0 radical (unpaired) electrons. The number of nitrogens with zero attached hydrogens (tertiary/aromatic N) is 4. The molecule has 0 saturated heterocycles. The first-order valence-electron chi connectivity index (χ1n) is 11.2. The third kappa shape index (κ3) is 4.19. The summed E-state index contributed by atoms with van der Waals surface area (Å²) in [6.45, 7) is 2.71. The third-order valence-electron chi connectivity index (χ3n) is 6.12. The molecular formula is C26H26FN5O2. The molecule has 34 heavy (non-hydrogen) atoms. The van der Waals surface area contributed by atoms with Gasteiger partial charge in [-0.25, -0.2) is 9.07 Å². The van der Waals surface area contributed by atoms with Crippen LogP contribution in [-0.4, -0.2) is 34.0 Å². The van der Waals surface area contributed by atoms with Gasteiger partial charge in [-0.15, -0.1) is 5.10 Å². The Morgan fingerprint density at radius 1 is 1.06 bits per heavy atom. The highest BCUT2D eigenvalue weighted by Gasteiger charge is 2.28. The lowest BCUT2D eigenvalue weighted by Crippen LogP contribution is -2.18. The number of ether oxygens (including phenoxy) is 2. The van der Waals surface area contributed by atoms with E-state index in [1.165, 1.54) is 6.07 Å². The zero-order chi connectivity index (χ0) is 23.7. The Morgan fingerprint density at radius 2 is 1.94 bits per heavy atom. The number of nitrogens with one attached hydrogen (secondary N) is 1. The van der Waals surface area contributed by atoms with E-state index in [1.54, 1.807) is 32.5 Å². The van der Waals surface area contributed by atoms with Crippen molar-refractivity contribution in [1.82, 2.24) is 19.7 Å². The summed E-state index contributed by atoms with van der Waals surface area (Å²) in [5, 5.41) is 7.91. The Hall–Kier alpha value is -3.94. The van der Waals surface area contributed by atoms with Crippen LogP contribution in [0.1, 0.15) is 35.8 Å². The van der Waals surface area contributed by atoms with Gasteiger partial charge in [0.2, 0.25) is 5.95 Å². The van der Waals surface area contributed by atoms with Gasteiger partial charge in [0.05, 0.1) is 14.2 Å². The summed E-state index contributed by atoms with van der Waals surface area (Å²) >= 11 is 0. The van der Waals surface area contributed by atoms with Gasteiger partial charge in [-0.2, -0.15) is 4.98 Å². The first-order valence-corrected chi connectivity index (χ1v) is 11.2. The van der Waals surface area contributed by atoms with Crippen molar-refractivity contribution in [1.29, 1.82) is 0 Å². The van der Waals surface area contributed by atoms with E-state index in [2.05, 4.69) is 15.4 Å². The topological polar surface area (TPSA) is 74.1 Å². The minimum Gasteiger partial charge on any atom is -0.497 e. The fourth-order valence-electron chi connectivity index (χ4n) is 4.46. The van der Waals surface area contributed by atoms with Crippen LogP contribution in [0.5, 0.6) is 11.5 Å². The Morgan fingerprint density at radius 3 is 2.74 bits per heavy atom. The summed E-state index contributed by atoms with van der Waals surface area (Å²) < 4.78 is 27.5. The van der Waals surface area contributed by atoms with Crippen LogP contribution in [0.3, 0.4) is 0 Å². The number of methoxy groups -OCH3 is 2. The maximum atomic E-state index is 14.7. The second-order valence-corrected chi connectivity index (χ2v) is 8.32. The number of anilines is 2. The van der Waals surface area contributed by atoms with Crippen molar-refractivity contribution in [2.45, 2.75) is 32.2 Å². The first kappa shape index (κ1) is 21.9. The first-order chi connectivity index (χ1) is 16.6. The molecule has 0 fully saturated rings. The highest BCUT2D eigenvalue weighted by atomic mass is 19.1. The van der Waals surface area contributed by atoms with Crippen LogP contribution in [0.2, 0.25) is 0 Å². The molecule has 4 aromatic rings. The number of hydrogen-bond donors (Lipinski definition) is 1. The summed E-state index contributed by atoms with van der Waals surface area (Å²) in [7, 11) is 3.23. The van der Waals surface area contributed by atoms with Crippen molar-refractivity contribution in [2.24, 2.45) is 0 Å². The SMILES string of the molecule is COc1ccc(F)c(C2CCCn3nc(Nc4ccc(-c5ccnc(C)c5)c(OC)c4)nc32)c1. The monoisotopic (exact) mass is 459 g/mol. The summed E-state index contributed by atoms with van der Waals surface area (Å²) in [5.41, 5.74) is 4.34. The van der Waals surface area contributed by atoms with Crippen LogP contribution in [0, 0.1) is 12.7 Å². The number of hydrogen-bond acceptors (Lipinski definition) is 6. The van der Waals surface area contributed by atoms with Gasteiger partial charge in [-0.05, 0) is 67.8 Å². The Labute approximate surface area is 197 Å². The zero-order valence-corrected chi connectivity index (χ0v) is 19.4. The number of pyridine rings is 1. The zero-order valence-electron chi connectivity index (χ0n) is 19.4. The van der Waals surface area contributed by atoms with E-state index in [-0.39, 0.29) is 11.7 Å². The summed E-state index contributed by atoms with van der Waals surface area (Å²) in [4.78, 5) is 9.00. The quantitative estimate of drug-likeness (QED) is 0.412. The molecule has 5 rings (SSSR count). The Bertz CT molecular complexity index is 1340. The fraction of sp³-hybridized carbons (Fsp3) is 0.269. The molecule has 2 aromatic carbocycles. The van der Waals surface area contributed by atoms with Crippen LogP contribution in [-0.2, 0) is 6.54 Å². The van der Waals surface area contributed by atoms with E-state index < -0.39 is 0 Å². The molecule has 8 heteroatoms. The van der Waals surface area contributed by atoms with Gasteiger partial charge in [0.15, 0.2) is 0 Å². The highest BCUT2D eigenvalue weighted by molar-refractivity contribution is 5.74. The molecule has 1 aliphatic heterocycles. The van der Waals surface area contributed by atoms with Crippen LogP contribution >= 0.6 is 0 Å². The van der Waals surface area contributed by atoms with Crippen LogP contribution in [0.4, 0.5) is 16.0 Å². The minimum atomic E-state index is -0.261. The predicted octanol–water partition coefficient (Wildman–Crippen LogP) is 5.47. The van der Waals surface area contributed by atoms with Crippen molar-refractivity contribution >= 4 is 11.6 Å². The van der Waals surface area contributed by atoms with E-state index >= 15 is 0 Å². The van der Waals surface area contributed by atoms with Crippen LogP contribution < -0.4 is 14.8 Å². The normalized spacial score (nSPS) is 15.0. The smallest absolute Gasteiger partial charge is 0.246 e. The van der Waals surface area contributed by atoms with Gasteiger partial charge < -0.3 is 14.8 Å². The van der Waals surface area contributed by atoms with Crippen molar-refractivity contribution < 1.29 is 13.9 Å². The van der Waals surface area contributed by atoms with Gasteiger partial charge in [0.1, 0.15) is 23.1 Å². The van der Waals surface area contributed by atoms with Crippen molar-refractivity contribution in [3.63, 3.8) is 0 Å². The molecule has 1 unspecified atom stereocenters. The minimum absolute atomic E-state index is 0.182. The molecule has 3 heterocycles. The van der Waals surface area contributed by atoms with Gasteiger partial charge in [0.25, 0.3) is 0 Å². The maximum Gasteiger partial charge on any atom is 0.246 e. The van der Waals surface area contributed by atoms with Gasteiger partial charge in [-0.1, -0.05) is 0 Å². The van der Waals surface area contributed by atoms with Gasteiger partial charge in [-0.3, -0.25) is 4.98 Å². The molecule has 0 bridgehead atoms. The number of aromatic nitrogens is 4. The number of rotatable bonds is 6. The molecule has 2 aromatic heterocycles. The molecular weight excluding hydrogens is 433 g/mol. The second-order valence-electron chi connectivity index (χ2n) is 8.32. The molecule has 1 aliphatic rings. The van der Waals surface area contributed by atoms with E-state index in [1.807, 2.05) is 41.9 Å². The lowest BCUT2D eigenvalue weighted by Gasteiger charge is -2.23. The third-order valence-corrected chi connectivity index (χ3v) is 6.12. The molecule has 0 amide bonds. The maximum absolute atomic E-state index is 14.7. The Balaban J connectivity index is 1.44. The molecule has 174 valence electrons. The van der Waals surface area contributed by atoms with Crippen LogP contribution in [0.25, 0.3) is 11.1 Å². The number of benzene rings is 2. The number of fused-ring (bicyclic) bond motifs is 1. The average Bonchev–Trinajstić information content (AvgIpc) is 3.27. The van der Waals surface area contributed by atoms with Crippen molar-refractivity contribution in [3.8, 4) is 22.6 Å². The summed E-state index contributed by atoms with van der Waals surface area (Å²) in [5.74, 6) is 2.14.